The number of carbonyl (C=O) groups is 1. The van der Waals surface area contributed by atoms with Gasteiger partial charge in [0.05, 0.1) is 11.9 Å². The number of halogens is 1. The van der Waals surface area contributed by atoms with Crippen LogP contribution < -0.4 is 16.2 Å². The van der Waals surface area contributed by atoms with Crippen LogP contribution in [0.3, 0.4) is 0 Å². The summed E-state index contributed by atoms with van der Waals surface area (Å²) in [7, 11) is 1.56. The third-order valence-electron chi connectivity index (χ3n) is 2.43. The fraction of sp³-hybridized carbons (Fsp3) is 0.545. The van der Waals surface area contributed by atoms with Crippen LogP contribution in [0.15, 0.2) is 15.5 Å². The number of nitrogens with one attached hydrogen (secondary N) is 2. The summed E-state index contributed by atoms with van der Waals surface area (Å²) in [5.41, 5.74) is 0.314. The Labute approximate surface area is 114 Å². The summed E-state index contributed by atoms with van der Waals surface area (Å²) in [6.07, 6.45) is 2.38. The van der Waals surface area contributed by atoms with E-state index in [4.69, 9.17) is 0 Å². The molecule has 0 aliphatic rings. The second kappa shape index (κ2) is 6.53. The molecule has 1 atom stereocenters. The molecular formula is C11H17BrN4O2. The van der Waals surface area contributed by atoms with E-state index in [1.807, 2.05) is 6.92 Å². The number of likely N-dealkylation sites (N-methyl/N-ethyl adjacent to an activating group) is 1. The first-order chi connectivity index (χ1) is 8.51. The monoisotopic (exact) mass is 316 g/mol. The van der Waals surface area contributed by atoms with E-state index < -0.39 is 6.04 Å². The van der Waals surface area contributed by atoms with E-state index in [9.17, 15) is 9.59 Å². The topological polar surface area (TPSA) is 76.0 Å². The van der Waals surface area contributed by atoms with Crippen LogP contribution in [0, 0.1) is 0 Å². The molecule has 1 aromatic rings. The molecule has 1 aromatic heterocycles. The van der Waals surface area contributed by atoms with Crippen molar-refractivity contribution in [2.45, 2.75) is 32.9 Å². The number of amides is 1. The van der Waals surface area contributed by atoms with Crippen molar-refractivity contribution in [1.82, 2.24) is 15.1 Å². The standard InChI is InChI=1S/C11H17BrN4O2/c1-4-5-16-11(18)9(12)8(6-14-16)15-7(2)10(17)13-3/h6-7,15H,4-5H2,1-3H3,(H,13,17). The van der Waals surface area contributed by atoms with Gasteiger partial charge in [0.2, 0.25) is 5.91 Å². The van der Waals surface area contributed by atoms with Crippen molar-refractivity contribution < 1.29 is 4.79 Å². The number of carbonyl (C=O) groups excluding carboxylic acids is 1. The van der Waals surface area contributed by atoms with Gasteiger partial charge >= 0.3 is 0 Å². The number of anilines is 1. The third kappa shape index (κ3) is 3.32. The normalized spacial score (nSPS) is 12.0. The number of nitrogens with zero attached hydrogens (tertiary/aromatic N) is 2. The molecule has 0 radical (unpaired) electrons. The summed E-state index contributed by atoms with van der Waals surface area (Å²) in [5.74, 6) is -0.153. The fourth-order valence-corrected chi connectivity index (χ4v) is 1.87. The first-order valence-corrected chi connectivity index (χ1v) is 6.54. The largest absolute Gasteiger partial charge is 0.372 e. The molecule has 0 fully saturated rings. The van der Waals surface area contributed by atoms with Crippen molar-refractivity contribution in [3.05, 3.63) is 21.0 Å². The van der Waals surface area contributed by atoms with Crippen molar-refractivity contribution in [1.29, 1.82) is 0 Å². The van der Waals surface area contributed by atoms with Crippen LogP contribution in [0.2, 0.25) is 0 Å². The molecule has 0 aliphatic heterocycles. The maximum absolute atomic E-state index is 11.9. The molecular weight excluding hydrogens is 300 g/mol. The molecule has 6 nitrogen and oxygen atoms in total. The molecule has 100 valence electrons. The highest BCUT2D eigenvalue weighted by Crippen LogP contribution is 2.17. The fourth-order valence-electron chi connectivity index (χ4n) is 1.45. The average Bonchev–Trinajstić information content (AvgIpc) is 2.37. The van der Waals surface area contributed by atoms with Gasteiger partial charge in [-0.2, -0.15) is 5.10 Å². The van der Waals surface area contributed by atoms with Crippen molar-refractivity contribution in [3.63, 3.8) is 0 Å². The number of rotatable bonds is 5. The Hall–Kier alpha value is -1.37. The first kappa shape index (κ1) is 14.7. The number of hydrogen-bond donors (Lipinski definition) is 2. The van der Waals surface area contributed by atoms with Gasteiger partial charge in [-0.1, -0.05) is 6.92 Å². The van der Waals surface area contributed by atoms with Crippen LogP contribution >= 0.6 is 15.9 Å². The van der Waals surface area contributed by atoms with Gasteiger partial charge in [-0.25, -0.2) is 4.68 Å². The van der Waals surface area contributed by atoms with Crippen molar-refractivity contribution in [2.75, 3.05) is 12.4 Å². The minimum Gasteiger partial charge on any atom is -0.372 e. The molecule has 1 unspecified atom stereocenters. The number of aromatic nitrogens is 2. The average molecular weight is 317 g/mol. The van der Waals surface area contributed by atoms with Gasteiger partial charge in [0, 0.05) is 13.6 Å². The molecule has 0 aliphatic carbocycles. The van der Waals surface area contributed by atoms with Crippen LogP contribution in [0.1, 0.15) is 20.3 Å². The molecule has 2 N–H and O–H groups in total. The molecule has 0 bridgehead atoms. The molecule has 0 aromatic carbocycles. The molecule has 0 spiro atoms. The second-order valence-electron chi connectivity index (χ2n) is 3.88. The van der Waals surface area contributed by atoms with Crippen LogP contribution in [0.25, 0.3) is 0 Å². The van der Waals surface area contributed by atoms with E-state index in [-0.39, 0.29) is 11.5 Å². The van der Waals surface area contributed by atoms with Gasteiger partial charge in [0.25, 0.3) is 5.56 Å². The highest BCUT2D eigenvalue weighted by molar-refractivity contribution is 9.10. The van der Waals surface area contributed by atoms with Gasteiger partial charge in [-0.15, -0.1) is 0 Å². The Bertz CT molecular complexity index is 486. The van der Waals surface area contributed by atoms with Crippen molar-refractivity contribution >= 4 is 27.5 Å². The van der Waals surface area contributed by atoms with E-state index in [1.165, 1.54) is 4.68 Å². The lowest BCUT2D eigenvalue weighted by Gasteiger charge is -2.15. The summed E-state index contributed by atoms with van der Waals surface area (Å²) in [4.78, 5) is 23.3. The summed E-state index contributed by atoms with van der Waals surface area (Å²) in [5, 5.41) is 9.51. The molecule has 1 rings (SSSR count). The SMILES string of the molecule is CCCn1ncc(NC(C)C(=O)NC)c(Br)c1=O. The van der Waals surface area contributed by atoms with Gasteiger partial charge < -0.3 is 10.6 Å². The Balaban J connectivity index is 2.95. The zero-order chi connectivity index (χ0) is 13.7. The Morgan fingerprint density at radius 3 is 2.83 bits per heavy atom. The number of hydrogen-bond acceptors (Lipinski definition) is 4. The van der Waals surface area contributed by atoms with Crippen LogP contribution in [0.4, 0.5) is 5.69 Å². The van der Waals surface area contributed by atoms with E-state index in [2.05, 4.69) is 31.7 Å². The van der Waals surface area contributed by atoms with Gasteiger partial charge in [0.1, 0.15) is 10.5 Å². The Morgan fingerprint density at radius 1 is 1.61 bits per heavy atom. The lowest BCUT2D eigenvalue weighted by atomic mass is 10.3. The Morgan fingerprint density at radius 2 is 2.28 bits per heavy atom. The van der Waals surface area contributed by atoms with Gasteiger partial charge in [0.15, 0.2) is 0 Å². The highest BCUT2D eigenvalue weighted by atomic mass is 79.9. The summed E-state index contributed by atoms with van der Waals surface area (Å²) < 4.78 is 1.78. The van der Waals surface area contributed by atoms with E-state index in [0.29, 0.717) is 16.7 Å². The molecule has 18 heavy (non-hydrogen) atoms. The molecule has 7 heteroatoms. The second-order valence-corrected chi connectivity index (χ2v) is 4.67. The number of aryl methyl sites for hydroxylation is 1. The van der Waals surface area contributed by atoms with Gasteiger partial charge in [-0.05, 0) is 29.3 Å². The Kier molecular flexibility index (Phi) is 5.33. The van der Waals surface area contributed by atoms with Crippen molar-refractivity contribution in [3.8, 4) is 0 Å². The highest BCUT2D eigenvalue weighted by Gasteiger charge is 2.14. The van der Waals surface area contributed by atoms with Crippen molar-refractivity contribution in [2.24, 2.45) is 0 Å². The van der Waals surface area contributed by atoms with E-state index in [0.717, 1.165) is 6.42 Å². The molecule has 1 amide bonds. The smallest absolute Gasteiger partial charge is 0.283 e. The summed E-state index contributed by atoms with van der Waals surface area (Å²) >= 11 is 3.23. The minimum absolute atomic E-state index is 0.153. The zero-order valence-corrected chi connectivity index (χ0v) is 12.2. The molecule has 1 heterocycles. The van der Waals surface area contributed by atoms with E-state index in [1.54, 1.807) is 20.2 Å². The maximum atomic E-state index is 11.9. The predicted octanol–water partition coefficient (Wildman–Crippen LogP) is 0.962. The van der Waals surface area contributed by atoms with Crippen LogP contribution in [0.5, 0.6) is 0 Å². The van der Waals surface area contributed by atoms with Crippen LogP contribution in [-0.4, -0.2) is 28.8 Å². The lowest BCUT2D eigenvalue weighted by Crippen LogP contribution is -2.36. The molecule has 0 saturated heterocycles. The molecule has 0 saturated carbocycles. The first-order valence-electron chi connectivity index (χ1n) is 5.75. The minimum atomic E-state index is -0.436. The van der Waals surface area contributed by atoms with Crippen LogP contribution in [-0.2, 0) is 11.3 Å². The van der Waals surface area contributed by atoms with E-state index >= 15 is 0 Å². The maximum Gasteiger partial charge on any atom is 0.283 e. The third-order valence-corrected chi connectivity index (χ3v) is 3.20. The summed E-state index contributed by atoms with van der Waals surface area (Å²) in [6.45, 7) is 4.26. The quantitative estimate of drug-likeness (QED) is 0.848. The predicted molar refractivity (Wildman–Crippen MR) is 73.6 cm³/mol. The lowest BCUT2D eigenvalue weighted by molar-refractivity contribution is -0.121. The summed E-state index contributed by atoms with van der Waals surface area (Å²) in [6, 6.07) is -0.436. The van der Waals surface area contributed by atoms with Gasteiger partial charge in [-0.3, -0.25) is 9.59 Å². The zero-order valence-electron chi connectivity index (χ0n) is 10.7.